The predicted octanol–water partition coefficient (Wildman–Crippen LogP) is 2.49. The Morgan fingerprint density at radius 3 is 2.75 bits per heavy atom. The smallest absolute Gasteiger partial charge is 0.0266 e. The van der Waals surface area contributed by atoms with Crippen molar-refractivity contribution in [1.29, 1.82) is 0 Å². The largest absolute Gasteiger partial charge is 0.300 e. The maximum Gasteiger partial charge on any atom is 0.0266 e. The highest BCUT2D eigenvalue weighted by Crippen LogP contribution is 2.31. The molecule has 0 amide bonds. The summed E-state index contributed by atoms with van der Waals surface area (Å²) in [6, 6.07) is 0.838. The van der Waals surface area contributed by atoms with Crippen LogP contribution in [0.1, 0.15) is 32.1 Å². The Kier molecular flexibility index (Phi) is 2.92. The van der Waals surface area contributed by atoms with Crippen LogP contribution in [0.15, 0.2) is 0 Å². The fraction of sp³-hybridized carbons (Fsp3) is 1.00. The molecule has 0 aromatic heterocycles. The third-order valence-electron chi connectivity index (χ3n) is 3.43. The Bertz CT molecular complexity index is 140. The molecule has 0 bridgehead atoms. The van der Waals surface area contributed by atoms with Crippen LogP contribution in [0.25, 0.3) is 0 Å². The number of nitrogens with zero attached hydrogens (tertiary/aromatic N) is 1. The number of hydrogen-bond acceptors (Lipinski definition) is 1. The van der Waals surface area contributed by atoms with Gasteiger partial charge >= 0.3 is 0 Å². The fourth-order valence-corrected chi connectivity index (χ4v) is 3.12. The molecule has 70 valence electrons. The summed E-state index contributed by atoms with van der Waals surface area (Å²) >= 11 is 5.97. The SMILES string of the molecule is ClCC1CCCN2CCCCC12. The molecule has 2 atom stereocenters. The van der Waals surface area contributed by atoms with Gasteiger partial charge in [0.05, 0.1) is 0 Å². The zero-order chi connectivity index (χ0) is 8.39. The zero-order valence-electron chi connectivity index (χ0n) is 7.64. The van der Waals surface area contributed by atoms with E-state index in [1.54, 1.807) is 0 Å². The lowest BCUT2D eigenvalue weighted by Gasteiger charge is -2.43. The van der Waals surface area contributed by atoms with E-state index in [0.717, 1.165) is 17.8 Å². The van der Waals surface area contributed by atoms with Crippen LogP contribution in [-0.2, 0) is 0 Å². The molecular formula is C10H18ClN. The first-order valence-corrected chi connectivity index (χ1v) is 5.75. The minimum Gasteiger partial charge on any atom is -0.300 e. The summed E-state index contributed by atoms with van der Waals surface area (Å²) in [5.74, 6) is 1.67. The first-order chi connectivity index (χ1) is 5.92. The van der Waals surface area contributed by atoms with Crippen LogP contribution in [0.5, 0.6) is 0 Å². The van der Waals surface area contributed by atoms with Crippen molar-refractivity contribution in [3.63, 3.8) is 0 Å². The van der Waals surface area contributed by atoms with Crippen LogP contribution >= 0.6 is 11.6 Å². The van der Waals surface area contributed by atoms with Crippen LogP contribution < -0.4 is 0 Å². The third kappa shape index (κ3) is 1.62. The van der Waals surface area contributed by atoms with Crippen molar-refractivity contribution in [1.82, 2.24) is 4.90 Å². The Labute approximate surface area is 80.1 Å². The minimum absolute atomic E-state index is 0.792. The molecule has 2 saturated heterocycles. The minimum atomic E-state index is 0.792. The summed E-state index contributed by atoms with van der Waals surface area (Å²) in [5, 5.41) is 0. The first-order valence-electron chi connectivity index (χ1n) is 5.22. The van der Waals surface area contributed by atoms with Gasteiger partial charge in [0.1, 0.15) is 0 Å². The number of piperidine rings is 2. The van der Waals surface area contributed by atoms with Gasteiger partial charge in [-0.2, -0.15) is 0 Å². The van der Waals surface area contributed by atoms with Gasteiger partial charge in [-0.15, -0.1) is 11.6 Å². The van der Waals surface area contributed by atoms with Crippen molar-refractivity contribution in [2.75, 3.05) is 19.0 Å². The van der Waals surface area contributed by atoms with Crippen LogP contribution in [-0.4, -0.2) is 29.9 Å². The van der Waals surface area contributed by atoms with Crippen LogP contribution in [0.2, 0.25) is 0 Å². The molecule has 0 radical (unpaired) electrons. The van der Waals surface area contributed by atoms with Crippen molar-refractivity contribution in [3.05, 3.63) is 0 Å². The van der Waals surface area contributed by atoms with Gasteiger partial charge < -0.3 is 4.90 Å². The molecule has 1 nitrogen and oxygen atoms in total. The molecule has 2 fully saturated rings. The Balaban J connectivity index is 1.99. The number of rotatable bonds is 1. The van der Waals surface area contributed by atoms with E-state index in [1.165, 1.54) is 45.2 Å². The summed E-state index contributed by atoms with van der Waals surface area (Å²) in [7, 11) is 0. The Morgan fingerprint density at radius 2 is 1.92 bits per heavy atom. The molecule has 0 aliphatic carbocycles. The van der Waals surface area contributed by atoms with E-state index >= 15 is 0 Å². The molecule has 0 spiro atoms. The van der Waals surface area contributed by atoms with Crippen molar-refractivity contribution >= 4 is 11.6 Å². The van der Waals surface area contributed by atoms with Gasteiger partial charge in [-0.05, 0) is 44.7 Å². The maximum atomic E-state index is 5.97. The van der Waals surface area contributed by atoms with Gasteiger partial charge in [-0.1, -0.05) is 6.42 Å². The summed E-state index contributed by atoms with van der Waals surface area (Å²) in [6.45, 7) is 2.66. The highest BCUT2D eigenvalue weighted by Gasteiger charge is 2.31. The standard InChI is InChI=1S/C10H18ClN/c11-8-9-4-3-7-12-6-2-1-5-10(9)12/h9-10H,1-8H2. The first kappa shape index (κ1) is 8.83. The molecular weight excluding hydrogens is 170 g/mol. The molecule has 2 aliphatic heterocycles. The van der Waals surface area contributed by atoms with E-state index in [-0.39, 0.29) is 0 Å². The van der Waals surface area contributed by atoms with Gasteiger partial charge in [0.15, 0.2) is 0 Å². The lowest BCUT2D eigenvalue weighted by Crippen LogP contribution is -2.48. The van der Waals surface area contributed by atoms with E-state index in [4.69, 9.17) is 11.6 Å². The van der Waals surface area contributed by atoms with Crippen molar-refractivity contribution < 1.29 is 0 Å². The summed E-state index contributed by atoms with van der Waals surface area (Å²) < 4.78 is 0. The molecule has 12 heavy (non-hydrogen) atoms. The topological polar surface area (TPSA) is 3.24 Å². The summed E-state index contributed by atoms with van der Waals surface area (Å²) in [4.78, 5) is 2.67. The summed E-state index contributed by atoms with van der Waals surface area (Å²) in [5.41, 5.74) is 0. The molecule has 2 heteroatoms. The highest BCUT2D eigenvalue weighted by atomic mass is 35.5. The number of alkyl halides is 1. The molecule has 0 saturated carbocycles. The van der Waals surface area contributed by atoms with Crippen LogP contribution in [0.4, 0.5) is 0 Å². The van der Waals surface area contributed by atoms with Gasteiger partial charge in [0.25, 0.3) is 0 Å². The molecule has 0 N–H and O–H groups in total. The number of hydrogen-bond donors (Lipinski definition) is 0. The maximum absolute atomic E-state index is 5.97. The van der Waals surface area contributed by atoms with E-state index in [2.05, 4.69) is 4.90 Å². The average molecular weight is 188 g/mol. The van der Waals surface area contributed by atoms with Crippen LogP contribution in [0, 0.1) is 5.92 Å². The van der Waals surface area contributed by atoms with Crippen molar-refractivity contribution in [3.8, 4) is 0 Å². The highest BCUT2D eigenvalue weighted by molar-refractivity contribution is 6.18. The van der Waals surface area contributed by atoms with E-state index in [1.807, 2.05) is 0 Å². The number of halogens is 1. The van der Waals surface area contributed by atoms with E-state index in [0.29, 0.717) is 0 Å². The van der Waals surface area contributed by atoms with Gasteiger partial charge in [-0.25, -0.2) is 0 Å². The number of fused-ring (bicyclic) bond motifs is 1. The zero-order valence-corrected chi connectivity index (χ0v) is 8.39. The fourth-order valence-electron chi connectivity index (χ4n) is 2.76. The van der Waals surface area contributed by atoms with Gasteiger partial charge in [0, 0.05) is 11.9 Å². The molecule has 0 aromatic carbocycles. The van der Waals surface area contributed by atoms with Crippen molar-refractivity contribution in [2.24, 2.45) is 5.92 Å². The monoisotopic (exact) mass is 187 g/mol. The normalized spacial score (nSPS) is 37.8. The molecule has 2 unspecified atom stereocenters. The van der Waals surface area contributed by atoms with E-state index in [9.17, 15) is 0 Å². The van der Waals surface area contributed by atoms with Gasteiger partial charge in [0.2, 0.25) is 0 Å². The molecule has 2 heterocycles. The molecule has 2 rings (SSSR count). The third-order valence-corrected chi connectivity index (χ3v) is 3.82. The van der Waals surface area contributed by atoms with E-state index < -0.39 is 0 Å². The molecule has 0 aromatic rings. The Hall–Kier alpha value is 0.250. The quantitative estimate of drug-likeness (QED) is 0.571. The second-order valence-corrected chi connectivity index (χ2v) is 4.46. The molecule has 2 aliphatic rings. The van der Waals surface area contributed by atoms with Gasteiger partial charge in [-0.3, -0.25) is 0 Å². The average Bonchev–Trinajstić information content (AvgIpc) is 2.17. The second kappa shape index (κ2) is 3.97. The van der Waals surface area contributed by atoms with Crippen molar-refractivity contribution in [2.45, 2.75) is 38.1 Å². The second-order valence-electron chi connectivity index (χ2n) is 4.16. The van der Waals surface area contributed by atoms with Crippen LogP contribution in [0.3, 0.4) is 0 Å². The predicted molar refractivity (Wildman–Crippen MR) is 52.7 cm³/mol. The Morgan fingerprint density at radius 1 is 1.08 bits per heavy atom. The lowest BCUT2D eigenvalue weighted by molar-refractivity contribution is 0.0688. The lowest BCUT2D eigenvalue weighted by atomic mass is 9.85. The summed E-state index contributed by atoms with van der Waals surface area (Å²) in [6.07, 6.45) is 6.97.